The van der Waals surface area contributed by atoms with E-state index in [-0.39, 0.29) is 0 Å². The van der Waals surface area contributed by atoms with Crippen LogP contribution in [-0.4, -0.2) is 4.83 Å². The molecule has 12 heavy (non-hydrogen) atoms. The van der Waals surface area contributed by atoms with Crippen molar-refractivity contribution in [3.05, 3.63) is 0 Å². The van der Waals surface area contributed by atoms with Gasteiger partial charge >= 0.3 is 0 Å². The van der Waals surface area contributed by atoms with Gasteiger partial charge in [-0.15, -0.1) is 0 Å². The van der Waals surface area contributed by atoms with Crippen LogP contribution in [0, 0.1) is 11.8 Å². The lowest BCUT2D eigenvalue weighted by atomic mass is 9.86. The van der Waals surface area contributed by atoms with Crippen molar-refractivity contribution >= 4 is 15.9 Å². The molecule has 1 heteroatoms. The van der Waals surface area contributed by atoms with Gasteiger partial charge in [-0.3, -0.25) is 0 Å². The molecule has 0 amide bonds. The summed E-state index contributed by atoms with van der Waals surface area (Å²) < 4.78 is 0. The molecule has 1 saturated carbocycles. The third kappa shape index (κ3) is 3.08. The van der Waals surface area contributed by atoms with E-state index in [1.165, 1.54) is 38.5 Å². The zero-order valence-electron chi connectivity index (χ0n) is 8.35. The van der Waals surface area contributed by atoms with Crippen molar-refractivity contribution < 1.29 is 0 Å². The van der Waals surface area contributed by atoms with Gasteiger partial charge in [0.15, 0.2) is 0 Å². The van der Waals surface area contributed by atoms with E-state index in [9.17, 15) is 0 Å². The first kappa shape index (κ1) is 10.6. The Morgan fingerprint density at radius 2 is 2.00 bits per heavy atom. The monoisotopic (exact) mass is 232 g/mol. The minimum Gasteiger partial charge on any atom is -0.0891 e. The standard InChI is InChI=1S/C11H21Br/c1-3-9(2)10-6-4-5-7-11(12)8-10/h9-11H,3-8H2,1-2H3. The Labute approximate surface area is 85.3 Å². The van der Waals surface area contributed by atoms with E-state index >= 15 is 0 Å². The van der Waals surface area contributed by atoms with Crippen LogP contribution >= 0.6 is 15.9 Å². The van der Waals surface area contributed by atoms with Crippen LogP contribution in [0.25, 0.3) is 0 Å². The van der Waals surface area contributed by atoms with Crippen molar-refractivity contribution in [1.82, 2.24) is 0 Å². The molecule has 0 aromatic heterocycles. The second kappa shape index (κ2) is 5.26. The van der Waals surface area contributed by atoms with E-state index in [1.807, 2.05) is 0 Å². The summed E-state index contributed by atoms with van der Waals surface area (Å²) in [6, 6.07) is 0. The summed E-state index contributed by atoms with van der Waals surface area (Å²) in [6.45, 7) is 4.73. The third-order valence-electron chi connectivity index (χ3n) is 3.35. The van der Waals surface area contributed by atoms with Crippen molar-refractivity contribution in [2.24, 2.45) is 11.8 Å². The second-order valence-electron chi connectivity index (χ2n) is 4.26. The highest BCUT2D eigenvalue weighted by molar-refractivity contribution is 9.09. The van der Waals surface area contributed by atoms with E-state index in [4.69, 9.17) is 0 Å². The molecular weight excluding hydrogens is 212 g/mol. The summed E-state index contributed by atoms with van der Waals surface area (Å²) in [5.74, 6) is 1.92. The van der Waals surface area contributed by atoms with Gasteiger partial charge in [0.1, 0.15) is 0 Å². The summed E-state index contributed by atoms with van der Waals surface area (Å²) in [5, 5.41) is 0. The van der Waals surface area contributed by atoms with Crippen LogP contribution < -0.4 is 0 Å². The predicted molar refractivity (Wildman–Crippen MR) is 58.7 cm³/mol. The van der Waals surface area contributed by atoms with Crippen LogP contribution in [0.4, 0.5) is 0 Å². The lowest BCUT2D eigenvalue weighted by Gasteiger charge is -2.22. The first-order valence-corrected chi connectivity index (χ1v) is 6.29. The van der Waals surface area contributed by atoms with Gasteiger partial charge in [-0.25, -0.2) is 0 Å². The highest BCUT2D eigenvalue weighted by Gasteiger charge is 2.21. The van der Waals surface area contributed by atoms with Gasteiger partial charge < -0.3 is 0 Å². The summed E-state index contributed by atoms with van der Waals surface area (Å²) >= 11 is 3.78. The Hall–Kier alpha value is 0.480. The van der Waals surface area contributed by atoms with Crippen LogP contribution in [0.1, 0.15) is 52.4 Å². The maximum Gasteiger partial charge on any atom is 0.0148 e. The summed E-state index contributed by atoms with van der Waals surface area (Å²) in [4.78, 5) is 0.805. The molecule has 0 aliphatic heterocycles. The maximum atomic E-state index is 3.78. The molecule has 3 unspecified atom stereocenters. The molecule has 1 aliphatic carbocycles. The minimum atomic E-state index is 0.805. The van der Waals surface area contributed by atoms with Gasteiger partial charge in [0.05, 0.1) is 0 Å². The Kier molecular flexibility index (Phi) is 4.63. The van der Waals surface area contributed by atoms with Crippen LogP contribution in [0.3, 0.4) is 0 Å². The summed E-state index contributed by atoms with van der Waals surface area (Å²) in [7, 11) is 0. The van der Waals surface area contributed by atoms with E-state index in [2.05, 4.69) is 29.8 Å². The Balaban J connectivity index is 2.40. The van der Waals surface area contributed by atoms with Crippen LogP contribution in [-0.2, 0) is 0 Å². The van der Waals surface area contributed by atoms with Crippen molar-refractivity contribution in [3.8, 4) is 0 Å². The van der Waals surface area contributed by atoms with E-state index in [0.29, 0.717) is 0 Å². The molecule has 0 saturated heterocycles. The first-order valence-electron chi connectivity index (χ1n) is 5.38. The molecular formula is C11H21Br. The zero-order valence-corrected chi connectivity index (χ0v) is 9.94. The fraction of sp³-hybridized carbons (Fsp3) is 1.00. The van der Waals surface area contributed by atoms with Gasteiger partial charge in [0.25, 0.3) is 0 Å². The van der Waals surface area contributed by atoms with Crippen molar-refractivity contribution in [2.75, 3.05) is 0 Å². The van der Waals surface area contributed by atoms with Crippen LogP contribution in [0.15, 0.2) is 0 Å². The average molecular weight is 233 g/mol. The highest BCUT2D eigenvalue weighted by Crippen LogP contribution is 2.33. The van der Waals surface area contributed by atoms with Crippen LogP contribution in [0.2, 0.25) is 0 Å². The van der Waals surface area contributed by atoms with Gasteiger partial charge in [-0.2, -0.15) is 0 Å². The average Bonchev–Trinajstić information content (AvgIpc) is 2.28. The molecule has 0 aromatic carbocycles. The first-order chi connectivity index (χ1) is 5.74. The molecule has 0 N–H and O–H groups in total. The van der Waals surface area contributed by atoms with Gasteiger partial charge in [0.2, 0.25) is 0 Å². The summed E-state index contributed by atoms with van der Waals surface area (Å²) in [5.41, 5.74) is 0. The molecule has 0 heterocycles. The number of alkyl halides is 1. The molecule has 0 bridgehead atoms. The molecule has 3 atom stereocenters. The molecule has 1 fully saturated rings. The molecule has 0 radical (unpaired) electrons. The minimum absolute atomic E-state index is 0.805. The van der Waals surface area contributed by atoms with Crippen molar-refractivity contribution in [3.63, 3.8) is 0 Å². The predicted octanol–water partition coefficient (Wildman–Crippen LogP) is 4.38. The molecule has 1 rings (SSSR count). The van der Waals surface area contributed by atoms with E-state index < -0.39 is 0 Å². The van der Waals surface area contributed by atoms with Gasteiger partial charge in [-0.05, 0) is 24.7 Å². The smallest absolute Gasteiger partial charge is 0.0148 e. The van der Waals surface area contributed by atoms with E-state index in [0.717, 1.165) is 16.7 Å². The Morgan fingerprint density at radius 1 is 1.33 bits per heavy atom. The fourth-order valence-corrected chi connectivity index (χ4v) is 2.99. The highest BCUT2D eigenvalue weighted by atomic mass is 79.9. The Bertz CT molecular complexity index is 122. The van der Waals surface area contributed by atoms with Gasteiger partial charge in [-0.1, -0.05) is 55.5 Å². The van der Waals surface area contributed by atoms with Gasteiger partial charge in [0, 0.05) is 4.83 Å². The third-order valence-corrected chi connectivity index (χ3v) is 4.18. The second-order valence-corrected chi connectivity index (χ2v) is 5.56. The lowest BCUT2D eigenvalue weighted by molar-refractivity contribution is 0.315. The van der Waals surface area contributed by atoms with E-state index in [1.54, 1.807) is 0 Å². The zero-order chi connectivity index (χ0) is 8.97. The molecule has 0 spiro atoms. The quantitative estimate of drug-likeness (QED) is 0.490. The largest absolute Gasteiger partial charge is 0.0891 e. The number of rotatable bonds is 2. The fourth-order valence-electron chi connectivity index (χ4n) is 2.19. The Morgan fingerprint density at radius 3 is 2.67 bits per heavy atom. The maximum absolute atomic E-state index is 3.78. The molecule has 0 nitrogen and oxygen atoms in total. The summed E-state index contributed by atoms with van der Waals surface area (Å²) in [6.07, 6.45) is 8.52. The number of halogens is 1. The van der Waals surface area contributed by atoms with Crippen LogP contribution in [0.5, 0.6) is 0 Å². The number of hydrogen-bond acceptors (Lipinski definition) is 0. The topological polar surface area (TPSA) is 0 Å². The van der Waals surface area contributed by atoms with Crippen molar-refractivity contribution in [1.29, 1.82) is 0 Å². The molecule has 1 aliphatic rings. The SMILES string of the molecule is CCC(C)C1CCCCC(Br)C1. The number of hydrogen-bond donors (Lipinski definition) is 0. The normalized spacial score (nSPS) is 34.2. The molecule has 72 valence electrons. The van der Waals surface area contributed by atoms with Crippen molar-refractivity contribution in [2.45, 2.75) is 57.2 Å². The molecule has 0 aromatic rings. The lowest BCUT2D eigenvalue weighted by Crippen LogP contribution is -2.13.